The first-order valence-corrected chi connectivity index (χ1v) is 5.44. The van der Waals surface area contributed by atoms with E-state index in [9.17, 15) is 13.2 Å². The second-order valence-corrected chi connectivity index (χ2v) is 3.74. The highest BCUT2D eigenvalue weighted by Crippen LogP contribution is 2.21. The van der Waals surface area contributed by atoms with Gasteiger partial charge in [-0.25, -0.2) is 0 Å². The van der Waals surface area contributed by atoms with Gasteiger partial charge in [0.1, 0.15) is 5.75 Å². The molecule has 0 amide bonds. The van der Waals surface area contributed by atoms with Gasteiger partial charge >= 0.3 is 6.18 Å². The van der Waals surface area contributed by atoms with Crippen LogP contribution in [0, 0.1) is 0 Å². The van der Waals surface area contributed by atoms with E-state index < -0.39 is 12.6 Å². The zero-order chi connectivity index (χ0) is 12.7. The molecule has 0 radical (unpaired) electrons. The maximum atomic E-state index is 11.9. The van der Waals surface area contributed by atoms with Crippen molar-refractivity contribution in [2.24, 2.45) is 0 Å². The van der Waals surface area contributed by atoms with Crippen molar-refractivity contribution in [2.45, 2.75) is 25.6 Å². The first-order valence-electron chi connectivity index (χ1n) is 5.44. The van der Waals surface area contributed by atoms with Gasteiger partial charge in [0.05, 0.1) is 6.61 Å². The van der Waals surface area contributed by atoms with Crippen LogP contribution in [0.4, 0.5) is 13.2 Å². The van der Waals surface area contributed by atoms with E-state index in [2.05, 4.69) is 5.32 Å². The first-order chi connectivity index (χ1) is 8.01. The molecule has 0 atom stereocenters. The molecule has 1 aromatic carbocycles. The molecule has 1 aromatic rings. The molecule has 0 saturated heterocycles. The topological polar surface area (TPSA) is 21.3 Å². The molecule has 0 aromatic heterocycles. The van der Waals surface area contributed by atoms with Gasteiger partial charge in [-0.05, 0) is 31.2 Å². The maximum Gasteiger partial charge on any atom is 0.389 e. The van der Waals surface area contributed by atoms with E-state index >= 15 is 0 Å². The lowest BCUT2D eigenvalue weighted by Crippen LogP contribution is -2.09. The number of hydrogen-bond donors (Lipinski definition) is 1. The van der Waals surface area contributed by atoms with Crippen molar-refractivity contribution in [1.29, 1.82) is 0 Å². The van der Waals surface area contributed by atoms with Crippen LogP contribution < -0.4 is 10.1 Å². The summed E-state index contributed by atoms with van der Waals surface area (Å²) in [6.07, 6.45) is -4.91. The second kappa shape index (κ2) is 6.49. The molecule has 0 heterocycles. The standard InChI is InChI=1S/C12H16F3NO/c1-16-9-10-3-5-11(6-4-10)17-8-2-7-12(13,14)15/h3-6,16H,2,7-9H2,1H3. The van der Waals surface area contributed by atoms with Crippen LogP contribution in [0.1, 0.15) is 18.4 Å². The Hall–Kier alpha value is -1.23. The van der Waals surface area contributed by atoms with Gasteiger partial charge in [-0.15, -0.1) is 0 Å². The SMILES string of the molecule is CNCc1ccc(OCCCC(F)(F)F)cc1. The minimum atomic E-state index is -4.10. The summed E-state index contributed by atoms with van der Waals surface area (Å²) in [6, 6.07) is 7.30. The molecule has 0 bridgehead atoms. The summed E-state index contributed by atoms with van der Waals surface area (Å²) in [5.74, 6) is 0.604. The molecule has 0 spiro atoms. The van der Waals surface area contributed by atoms with Crippen molar-refractivity contribution < 1.29 is 17.9 Å². The quantitative estimate of drug-likeness (QED) is 0.780. The first kappa shape index (κ1) is 13.8. The predicted molar refractivity (Wildman–Crippen MR) is 60.0 cm³/mol. The largest absolute Gasteiger partial charge is 0.494 e. The van der Waals surface area contributed by atoms with Crippen molar-refractivity contribution in [3.05, 3.63) is 29.8 Å². The molecule has 2 nitrogen and oxygen atoms in total. The summed E-state index contributed by atoms with van der Waals surface area (Å²) in [6.45, 7) is 0.846. The number of hydrogen-bond acceptors (Lipinski definition) is 2. The lowest BCUT2D eigenvalue weighted by molar-refractivity contribution is -0.136. The summed E-state index contributed by atoms with van der Waals surface area (Å²) in [7, 11) is 1.85. The van der Waals surface area contributed by atoms with E-state index in [1.54, 1.807) is 12.1 Å². The van der Waals surface area contributed by atoms with Gasteiger partial charge in [0.25, 0.3) is 0 Å². The number of halogens is 3. The van der Waals surface area contributed by atoms with Crippen LogP contribution in [0.2, 0.25) is 0 Å². The number of ether oxygens (including phenoxy) is 1. The average Bonchev–Trinajstić information content (AvgIpc) is 2.26. The van der Waals surface area contributed by atoms with E-state index in [1.165, 1.54) is 0 Å². The highest BCUT2D eigenvalue weighted by Gasteiger charge is 2.25. The van der Waals surface area contributed by atoms with Gasteiger partial charge in [0, 0.05) is 13.0 Å². The summed E-state index contributed by atoms with van der Waals surface area (Å²) in [5.41, 5.74) is 1.11. The van der Waals surface area contributed by atoms with E-state index in [0.717, 1.165) is 12.1 Å². The van der Waals surface area contributed by atoms with Crippen LogP contribution in [0.15, 0.2) is 24.3 Å². The average molecular weight is 247 g/mol. The number of alkyl halides is 3. The Morgan fingerprint density at radius 1 is 1.18 bits per heavy atom. The van der Waals surface area contributed by atoms with Crippen LogP contribution in [-0.4, -0.2) is 19.8 Å². The molecule has 0 fully saturated rings. The molecule has 0 aliphatic carbocycles. The fourth-order valence-electron chi connectivity index (χ4n) is 1.37. The number of rotatable bonds is 6. The number of benzene rings is 1. The third-order valence-corrected chi connectivity index (χ3v) is 2.18. The molecular formula is C12H16F3NO. The minimum Gasteiger partial charge on any atom is -0.494 e. The molecule has 0 saturated carbocycles. The molecule has 0 unspecified atom stereocenters. The third kappa shape index (κ3) is 6.16. The zero-order valence-corrected chi connectivity index (χ0v) is 9.68. The molecule has 5 heteroatoms. The Morgan fingerprint density at radius 3 is 2.35 bits per heavy atom. The summed E-state index contributed by atoms with van der Waals surface area (Å²) in [5, 5.41) is 3.01. The summed E-state index contributed by atoms with van der Waals surface area (Å²) in [4.78, 5) is 0. The molecule has 96 valence electrons. The van der Waals surface area contributed by atoms with Crippen LogP contribution in [0.25, 0.3) is 0 Å². The van der Waals surface area contributed by atoms with Gasteiger partial charge in [-0.3, -0.25) is 0 Å². The van der Waals surface area contributed by atoms with E-state index in [0.29, 0.717) is 5.75 Å². The monoisotopic (exact) mass is 247 g/mol. The zero-order valence-electron chi connectivity index (χ0n) is 9.68. The van der Waals surface area contributed by atoms with Crippen LogP contribution in [0.3, 0.4) is 0 Å². The Labute approximate surface area is 98.8 Å². The smallest absolute Gasteiger partial charge is 0.389 e. The van der Waals surface area contributed by atoms with Crippen molar-refractivity contribution in [3.63, 3.8) is 0 Å². The molecular weight excluding hydrogens is 231 g/mol. The Kier molecular flexibility index (Phi) is 5.28. The van der Waals surface area contributed by atoms with Crippen molar-refractivity contribution >= 4 is 0 Å². The van der Waals surface area contributed by atoms with Gasteiger partial charge in [0.2, 0.25) is 0 Å². The lowest BCUT2D eigenvalue weighted by atomic mass is 10.2. The fourth-order valence-corrected chi connectivity index (χ4v) is 1.37. The molecule has 1 N–H and O–H groups in total. The lowest BCUT2D eigenvalue weighted by Gasteiger charge is -2.08. The summed E-state index contributed by atoms with van der Waals surface area (Å²) < 4.78 is 40.8. The van der Waals surface area contributed by atoms with Crippen LogP contribution in [-0.2, 0) is 6.54 Å². The van der Waals surface area contributed by atoms with Crippen LogP contribution >= 0.6 is 0 Å². The maximum absolute atomic E-state index is 11.9. The van der Waals surface area contributed by atoms with Crippen molar-refractivity contribution in [3.8, 4) is 5.75 Å². The van der Waals surface area contributed by atoms with Gasteiger partial charge in [0.15, 0.2) is 0 Å². The van der Waals surface area contributed by atoms with E-state index in [-0.39, 0.29) is 13.0 Å². The third-order valence-electron chi connectivity index (χ3n) is 2.18. The Bertz CT molecular complexity index is 322. The normalized spacial score (nSPS) is 11.5. The van der Waals surface area contributed by atoms with Crippen molar-refractivity contribution in [2.75, 3.05) is 13.7 Å². The fraction of sp³-hybridized carbons (Fsp3) is 0.500. The van der Waals surface area contributed by atoms with Crippen LogP contribution in [0.5, 0.6) is 5.75 Å². The molecule has 0 aliphatic heterocycles. The van der Waals surface area contributed by atoms with Gasteiger partial charge in [-0.2, -0.15) is 13.2 Å². The highest BCUT2D eigenvalue weighted by atomic mass is 19.4. The van der Waals surface area contributed by atoms with Crippen molar-refractivity contribution in [1.82, 2.24) is 5.32 Å². The highest BCUT2D eigenvalue weighted by molar-refractivity contribution is 5.27. The van der Waals surface area contributed by atoms with E-state index in [4.69, 9.17) is 4.74 Å². The molecule has 0 aliphatic rings. The molecule has 17 heavy (non-hydrogen) atoms. The minimum absolute atomic E-state index is 0.0121. The van der Waals surface area contributed by atoms with Gasteiger partial charge < -0.3 is 10.1 Å². The predicted octanol–water partition coefficient (Wildman–Crippen LogP) is 3.13. The number of nitrogens with one attached hydrogen (secondary N) is 1. The molecule has 1 rings (SSSR count). The van der Waals surface area contributed by atoms with E-state index in [1.807, 2.05) is 19.2 Å². The summed E-state index contributed by atoms with van der Waals surface area (Å²) >= 11 is 0. The Morgan fingerprint density at radius 2 is 1.82 bits per heavy atom. The Balaban J connectivity index is 2.27. The second-order valence-electron chi connectivity index (χ2n) is 3.74. The van der Waals surface area contributed by atoms with Gasteiger partial charge in [-0.1, -0.05) is 12.1 Å².